The molecule has 5 heteroatoms. The SMILES string of the molecule is C=CCNc1ccc(CC(=O)O/C=C/C(=O)OCC)cc1. The molecule has 1 aromatic rings. The number of benzene rings is 1. The van der Waals surface area contributed by atoms with Crippen molar-refractivity contribution in [2.75, 3.05) is 18.5 Å². The van der Waals surface area contributed by atoms with Gasteiger partial charge in [-0.3, -0.25) is 4.79 Å². The Bertz CT molecular complexity index is 506. The van der Waals surface area contributed by atoms with Crippen molar-refractivity contribution >= 4 is 17.6 Å². The Kier molecular flexibility index (Phi) is 7.35. The number of esters is 2. The quantitative estimate of drug-likeness (QED) is 0.345. The van der Waals surface area contributed by atoms with Crippen molar-refractivity contribution in [3.05, 3.63) is 54.8 Å². The van der Waals surface area contributed by atoms with Crippen molar-refractivity contribution in [3.63, 3.8) is 0 Å². The second-order valence-electron chi connectivity index (χ2n) is 4.09. The summed E-state index contributed by atoms with van der Waals surface area (Å²) in [6.07, 6.45) is 4.01. The van der Waals surface area contributed by atoms with Gasteiger partial charge in [0.05, 0.1) is 19.1 Å². The third kappa shape index (κ3) is 6.96. The lowest BCUT2D eigenvalue weighted by Gasteiger charge is -2.04. The fraction of sp³-hybridized carbons (Fsp3) is 0.250. The van der Waals surface area contributed by atoms with E-state index in [0.717, 1.165) is 23.6 Å². The molecule has 0 unspecified atom stereocenters. The Morgan fingerprint density at radius 2 is 2.00 bits per heavy atom. The van der Waals surface area contributed by atoms with Gasteiger partial charge in [-0.05, 0) is 24.6 Å². The lowest BCUT2D eigenvalue weighted by Crippen LogP contribution is -2.05. The summed E-state index contributed by atoms with van der Waals surface area (Å²) < 4.78 is 9.47. The topological polar surface area (TPSA) is 64.6 Å². The molecule has 0 spiro atoms. The number of hydrogen-bond donors (Lipinski definition) is 1. The van der Waals surface area contributed by atoms with Gasteiger partial charge in [0.25, 0.3) is 0 Å². The molecule has 5 nitrogen and oxygen atoms in total. The summed E-state index contributed by atoms with van der Waals surface area (Å²) in [5.41, 5.74) is 1.78. The normalized spacial score (nSPS) is 10.1. The molecule has 0 saturated carbocycles. The van der Waals surface area contributed by atoms with Crippen molar-refractivity contribution in [1.82, 2.24) is 0 Å². The Labute approximate surface area is 124 Å². The minimum atomic E-state index is -0.539. The maximum Gasteiger partial charge on any atom is 0.333 e. The van der Waals surface area contributed by atoms with Crippen molar-refractivity contribution < 1.29 is 19.1 Å². The zero-order chi connectivity index (χ0) is 15.5. The summed E-state index contributed by atoms with van der Waals surface area (Å²) in [7, 11) is 0. The molecule has 1 rings (SSSR count). The van der Waals surface area contributed by atoms with Gasteiger partial charge in [0.1, 0.15) is 6.26 Å². The van der Waals surface area contributed by atoms with Crippen LogP contribution in [0.4, 0.5) is 5.69 Å². The Morgan fingerprint density at radius 1 is 1.29 bits per heavy atom. The number of carbonyl (C=O) groups excluding carboxylic acids is 2. The second-order valence-corrected chi connectivity index (χ2v) is 4.09. The molecule has 0 aliphatic heterocycles. The van der Waals surface area contributed by atoms with E-state index < -0.39 is 11.9 Å². The lowest BCUT2D eigenvalue weighted by molar-refractivity contribution is -0.138. The maximum absolute atomic E-state index is 11.6. The van der Waals surface area contributed by atoms with E-state index in [1.54, 1.807) is 13.0 Å². The number of rotatable bonds is 8. The number of hydrogen-bond acceptors (Lipinski definition) is 5. The molecule has 0 saturated heterocycles. The second kappa shape index (κ2) is 9.36. The molecule has 112 valence electrons. The van der Waals surface area contributed by atoms with Crippen molar-refractivity contribution in [2.24, 2.45) is 0 Å². The summed E-state index contributed by atoms with van der Waals surface area (Å²) in [5.74, 6) is -0.981. The minimum Gasteiger partial charge on any atom is -0.463 e. The smallest absolute Gasteiger partial charge is 0.333 e. The molecule has 0 heterocycles. The molecule has 0 aliphatic carbocycles. The van der Waals surface area contributed by atoms with Gasteiger partial charge in [0, 0.05) is 12.2 Å². The van der Waals surface area contributed by atoms with Crippen molar-refractivity contribution in [1.29, 1.82) is 0 Å². The van der Waals surface area contributed by atoms with Crippen LogP contribution >= 0.6 is 0 Å². The molecule has 21 heavy (non-hydrogen) atoms. The van der Waals surface area contributed by atoms with Crippen molar-refractivity contribution in [3.8, 4) is 0 Å². The highest BCUT2D eigenvalue weighted by Crippen LogP contribution is 2.10. The summed E-state index contributed by atoms with van der Waals surface area (Å²) in [6, 6.07) is 7.42. The van der Waals surface area contributed by atoms with Crippen LogP contribution in [-0.4, -0.2) is 25.1 Å². The molecular formula is C16H19NO4. The van der Waals surface area contributed by atoms with Gasteiger partial charge in [-0.15, -0.1) is 6.58 Å². The summed E-state index contributed by atoms with van der Waals surface area (Å²) >= 11 is 0. The van der Waals surface area contributed by atoms with Crippen LogP contribution in [-0.2, 0) is 25.5 Å². The third-order valence-electron chi connectivity index (χ3n) is 2.44. The van der Waals surface area contributed by atoms with Crippen LogP contribution in [0.3, 0.4) is 0 Å². The molecule has 0 aliphatic rings. The van der Waals surface area contributed by atoms with Crippen LogP contribution in [0.1, 0.15) is 12.5 Å². The molecule has 1 aromatic carbocycles. The lowest BCUT2D eigenvalue weighted by atomic mass is 10.1. The van der Waals surface area contributed by atoms with E-state index in [-0.39, 0.29) is 13.0 Å². The van der Waals surface area contributed by atoms with Crippen molar-refractivity contribution in [2.45, 2.75) is 13.3 Å². The van der Waals surface area contributed by atoms with Crippen LogP contribution in [0, 0.1) is 0 Å². The van der Waals surface area contributed by atoms with Crippen LogP contribution in [0.15, 0.2) is 49.3 Å². The summed E-state index contributed by atoms with van der Waals surface area (Å²) in [6.45, 7) is 6.28. The number of nitrogens with one attached hydrogen (secondary N) is 1. The van der Waals surface area contributed by atoms with E-state index in [9.17, 15) is 9.59 Å². The molecule has 0 amide bonds. The highest BCUT2D eigenvalue weighted by molar-refractivity contribution is 5.82. The van der Waals surface area contributed by atoms with E-state index in [1.165, 1.54) is 0 Å². The predicted molar refractivity (Wildman–Crippen MR) is 80.7 cm³/mol. The van der Waals surface area contributed by atoms with Gasteiger partial charge < -0.3 is 14.8 Å². The molecule has 0 atom stereocenters. The minimum absolute atomic E-state index is 0.134. The monoisotopic (exact) mass is 289 g/mol. The van der Waals surface area contributed by atoms with E-state index in [0.29, 0.717) is 6.54 Å². The third-order valence-corrected chi connectivity index (χ3v) is 2.44. The van der Waals surface area contributed by atoms with Crippen LogP contribution < -0.4 is 5.32 Å². The average molecular weight is 289 g/mol. The molecule has 0 aromatic heterocycles. The van der Waals surface area contributed by atoms with E-state index in [4.69, 9.17) is 4.74 Å². The molecule has 0 radical (unpaired) electrons. The van der Waals surface area contributed by atoms with Gasteiger partial charge >= 0.3 is 11.9 Å². The fourth-order valence-corrected chi connectivity index (χ4v) is 1.49. The highest BCUT2D eigenvalue weighted by atomic mass is 16.5. The van der Waals surface area contributed by atoms with E-state index >= 15 is 0 Å². The largest absolute Gasteiger partial charge is 0.463 e. The van der Waals surface area contributed by atoms with Crippen LogP contribution in [0.25, 0.3) is 0 Å². The van der Waals surface area contributed by atoms with Crippen LogP contribution in [0.5, 0.6) is 0 Å². The zero-order valence-electron chi connectivity index (χ0n) is 12.0. The van der Waals surface area contributed by atoms with E-state index in [2.05, 4.69) is 16.6 Å². The number of carbonyl (C=O) groups is 2. The van der Waals surface area contributed by atoms with Gasteiger partial charge in [0.2, 0.25) is 0 Å². The first-order valence-corrected chi connectivity index (χ1v) is 6.62. The van der Waals surface area contributed by atoms with Gasteiger partial charge in [-0.2, -0.15) is 0 Å². The molecule has 1 N–H and O–H groups in total. The number of anilines is 1. The maximum atomic E-state index is 11.6. The number of ether oxygens (including phenoxy) is 2. The Hall–Kier alpha value is -2.56. The summed E-state index contributed by atoms with van der Waals surface area (Å²) in [4.78, 5) is 22.5. The Balaban J connectivity index is 2.40. The first-order chi connectivity index (χ1) is 10.2. The predicted octanol–water partition coefficient (Wildman–Crippen LogP) is 2.45. The van der Waals surface area contributed by atoms with Gasteiger partial charge in [0.15, 0.2) is 0 Å². The first-order valence-electron chi connectivity index (χ1n) is 6.62. The molecule has 0 bridgehead atoms. The Morgan fingerprint density at radius 3 is 2.62 bits per heavy atom. The molecular weight excluding hydrogens is 270 g/mol. The first kappa shape index (κ1) is 16.5. The highest BCUT2D eigenvalue weighted by Gasteiger charge is 2.04. The van der Waals surface area contributed by atoms with Crippen LogP contribution in [0.2, 0.25) is 0 Å². The standard InChI is InChI=1S/C16H19NO4/c1-3-10-17-14-7-5-13(6-8-14)12-16(19)21-11-9-15(18)20-4-2/h3,5-9,11,17H,1,4,10,12H2,2H3/b11-9+. The fourth-order valence-electron chi connectivity index (χ4n) is 1.49. The zero-order valence-corrected chi connectivity index (χ0v) is 12.0. The van der Waals surface area contributed by atoms with Gasteiger partial charge in [-0.25, -0.2) is 4.79 Å². The van der Waals surface area contributed by atoms with E-state index in [1.807, 2.05) is 24.3 Å². The average Bonchev–Trinajstić information content (AvgIpc) is 2.47. The van der Waals surface area contributed by atoms with Gasteiger partial charge in [-0.1, -0.05) is 18.2 Å². The summed E-state index contributed by atoms with van der Waals surface area (Å²) in [5, 5.41) is 3.14. The molecule has 0 fully saturated rings.